The van der Waals surface area contributed by atoms with Gasteiger partial charge >= 0.3 is 5.76 Å². The number of nitrogens with zero attached hydrogens (tertiary/aromatic N) is 2. The lowest BCUT2D eigenvalue weighted by atomic mass is 9.98. The average molecular weight is 480 g/mol. The van der Waals surface area contributed by atoms with Gasteiger partial charge in [-0.05, 0) is 29.8 Å². The van der Waals surface area contributed by atoms with Gasteiger partial charge in [0.05, 0.1) is 17.6 Å². The number of hydroxylamine groups is 2. The molecule has 4 aromatic rings. The Morgan fingerprint density at radius 3 is 2.56 bits per heavy atom. The van der Waals surface area contributed by atoms with Gasteiger partial charge in [0.2, 0.25) is 12.0 Å². The van der Waals surface area contributed by atoms with Crippen molar-refractivity contribution in [2.24, 2.45) is 0 Å². The lowest BCUT2D eigenvalue weighted by Gasteiger charge is -2.28. The van der Waals surface area contributed by atoms with Crippen LogP contribution in [0.3, 0.4) is 0 Å². The molecule has 3 aliphatic rings. The van der Waals surface area contributed by atoms with Crippen molar-refractivity contribution in [3.05, 3.63) is 123 Å². The van der Waals surface area contributed by atoms with Crippen molar-refractivity contribution in [2.45, 2.75) is 19.1 Å². The summed E-state index contributed by atoms with van der Waals surface area (Å²) in [5.74, 6) is -0.267. The number of aromatic nitrogens is 1. The number of hydrogen-bond acceptors (Lipinski definition) is 6. The number of para-hydroxylation sites is 3. The predicted molar refractivity (Wildman–Crippen MR) is 127 cm³/mol. The number of fused-ring (bicyclic) bond motifs is 3. The fourth-order valence-electron chi connectivity index (χ4n) is 5.08. The second-order valence-electron chi connectivity index (χ2n) is 8.76. The number of hydrogen-bond donors (Lipinski definition) is 1. The third-order valence-electron chi connectivity index (χ3n) is 6.71. The van der Waals surface area contributed by atoms with Crippen LogP contribution in [0.1, 0.15) is 21.5 Å². The van der Waals surface area contributed by atoms with Crippen molar-refractivity contribution in [3.63, 3.8) is 0 Å². The Balaban J connectivity index is 1.42. The van der Waals surface area contributed by atoms with Crippen LogP contribution in [0.15, 0.2) is 93.4 Å². The van der Waals surface area contributed by atoms with Gasteiger partial charge in [-0.3, -0.25) is 14.8 Å². The number of carbonyl (C=O) groups is 1. The maximum absolute atomic E-state index is 13.5. The van der Waals surface area contributed by atoms with E-state index in [2.05, 4.69) is 6.20 Å². The first-order chi connectivity index (χ1) is 17.6. The van der Waals surface area contributed by atoms with E-state index in [0.29, 0.717) is 34.4 Å². The van der Waals surface area contributed by atoms with Gasteiger partial charge in [0.25, 0.3) is 5.91 Å². The summed E-state index contributed by atoms with van der Waals surface area (Å²) in [5, 5.41) is 13.0. The van der Waals surface area contributed by atoms with Crippen LogP contribution < -0.4 is 15.7 Å². The Hall–Kier alpha value is -4.44. The van der Waals surface area contributed by atoms with Crippen LogP contribution in [0, 0.1) is 11.4 Å². The van der Waals surface area contributed by atoms with Crippen LogP contribution in [-0.2, 0) is 17.9 Å². The van der Waals surface area contributed by atoms with Crippen LogP contribution in [-0.4, -0.2) is 21.5 Å². The Bertz CT molecular complexity index is 1680. The Morgan fingerprint density at radius 2 is 1.69 bits per heavy atom. The van der Waals surface area contributed by atoms with Crippen LogP contribution in [0.5, 0.6) is 5.75 Å². The summed E-state index contributed by atoms with van der Waals surface area (Å²) in [6.45, 7) is 0.222. The highest BCUT2D eigenvalue weighted by Gasteiger charge is 2.44. The van der Waals surface area contributed by atoms with Gasteiger partial charge in [-0.15, -0.1) is 0 Å². The summed E-state index contributed by atoms with van der Waals surface area (Å²) < 4.78 is 6.73. The molecule has 1 aromatic heterocycles. The van der Waals surface area contributed by atoms with Gasteiger partial charge in [0.15, 0.2) is 11.3 Å². The van der Waals surface area contributed by atoms with E-state index in [4.69, 9.17) is 14.2 Å². The molecule has 0 fully saturated rings. The molecular weight excluding hydrogens is 462 g/mol. The van der Waals surface area contributed by atoms with Crippen LogP contribution >= 0.6 is 0 Å². The largest absolute Gasteiger partial charge is 0.622 e. The van der Waals surface area contributed by atoms with Crippen molar-refractivity contribution in [2.75, 3.05) is 0 Å². The first-order valence-corrected chi connectivity index (χ1v) is 11.4. The van der Waals surface area contributed by atoms with Gasteiger partial charge in [-0.25, -0.2) is 9.36 Å². The van der Waals surface area contributed by atoms with E-state index >= 15 is 0 Å². The SMILES string of the molecule is O=C1c2ccccc2CN1C1=C(C2Cc3ccccc3OO2)C(n2c(=O)oc3ccccc32)=[C][NH+]1[O-]. The molecule has 7 rings (SSSR count). The third-order valence-corrected chi connectivity index (χ3v) is 6.71. The molecular formula is C27H18N3O6. The van der Waals surface area contributed by atoms with Crippen molar-refractivity contribution in [1.82, 2.24) is 9.47 Å². The summed E-state index contributed by atoms with van der Waals surface area (Å²) in [7, 11) is 0. The van der Waals surface area contributed by atoms with E-state index in [-0.39, 0.29) is 24.0 Å². The molecule has 4 heterocycles. The number of carbonyl (C=O) groups excluding carboxylic acids is 1. The molecule has 1 radical (unpaired) electrons. The molecule has 0 saturated carbocycles. The molecule has 3 aliphatic heterocycles. The van der Waals surface area contributed by atoms with E-state index in [1.54, 1.807) is 42.5 Å². The van der Waals surface area contributed by atoms with Gasteiger partial charge in [-0.1, -0.05) is 48.5 Å². The molecule has 0 bridgehead atoms. The Labute approximate surface area is 204 Å². The zero-order valence-electron chi connectivity index (χ0n) is 18.8. The molecule has 2 atom stereocenters. The fraction of sp³-hybridized carbons (Fsp3) is 0.111. The summed E-state index contributed by atoms with van der Waals surface area (Å²) in [4.78, 5) is 39.1. The first-order valence-electron chi connectivity index (χ1n) is 11.4. The van der Waals surface area contributed by atoms with E-state index in [9.17, 15) is 14.8 Å². The number of benzene rings is 3. The number of quaternary nitrogens is 1. The van der Waals surface area contributed by atoms with Crippen LogP contribution in [0.25, 0.3) is 16.8 Å². The summed E-state index contributed by atoms with van der Waals surface area (Å²) >= 11 is 0. The lowest BCUT2D eigenvalue weighted by molar-refractivity contribution is -0.767. The zero-order valence-corrected chi connectivity index (χ0v) is 18.8. The minimum atomic E-state index is -0.777. The van der Waals surface area contributed by atoms with Crippen molar-refractivity contribution in [3.8, 4) is 5.75 Å². The molecule has 2 unspecified atom stereocenters. The molecule has 9 nitrogen and oxygen atoms in total. The molecule has 0 aliphatic carbocycles. The summed E-state index contributed by atoms with van der Waals surface area (Å²) in [6, 6.07) is 21.6. The quantitative estimate of drug-likeness (QED) is 0.357. The van der Waals surface area contributed by atoms with Gasteiger partial charge in [0, 0.05) is 17.5 Å². The van der Waals surface area contributed by atoms with Crippen molar-refractivity contribution >= 4 is 22.7 Å². The van der Waals surface area contributed by atoms with Crippen LogP contribution in [0.2, 0.25) is 0 Å². The number of rotatable bonds is 3. The highest BCUT2D eigenvalue weighted by molar-refractivity contribution is 5.99. The van der Waals surface area contributed by atoms with E-state index in [0.717, 1.165) is 11.1 Å². The minimum Gasteiger partial charge on any atom is -0.622 e. The number of amides is 1. The van der Waals surface area contributed by atoms with Gasteiger partial charge in [-0.2, -0.15) is 4.89 Å². The fourth-order valence-corrected chi connectivity index (χ4v) is 5.08. The topological polar surface area (TPSA) is 101 Å². The Morgan fingerprint density at radius 1 is 0.944 bits per heavy atom. The van der Waals surface area contributed by atoms with Gasteiger partial charge in [0.1, 0.15) is 11.8 Å². The Kier molecular flexibility index (Phi) is 4.52. The highest BCUT2D eigenvalue weighted by Crippen LogP contribution is 2.37. The number of nitrogens with one attached hydrogen (secondary N) is 1. The molecule has 1 amide bonds. The normalized spacial score (nSPS) is 21.0. The lowest BCUT2D eigenvalue weighted by Crippen LogP contribution is -3.01. The van der Waals surface area contributed by atoms with E-state index in [1.165, 1.54) is 9.47 Å². The van der Waals surface area contributed by atoms with Gasteiger partial charge < -0.3 is 14.5 Å². The molecule has 1 N–H and O–H groups in total. The molecule has 0 spiro atoms. The maximum Gasteiger partial charge on any atom is 0.424 e. The number of oxazole rings is 1. The van der Waals surface area contributed by atoms with E-state index < -0.39 is 16.9 Å². The minimum absolute atomic E-state index is 0.122. The summed E-state index contributed by atoms with van der Waals surface area (Å²) in [5.41, 5.74) is 3.60. The molecule has 177 valence electrons. The van der Waals surface area contributed by atoms with Crippen molar-refractivity contribution in [1.29, 1.82) is 0 Å². The molecule has 0 saturated heterocycles. The summed E-state index contributed by atoms with van der Waals surface area (Å²) in [6.07, 6.45) is 2.40. The third kappa shape index (κ3) is 3.01. The monoisotopic (exact) mass is 480 g/mol. The maximum atomic E-state index is 13.5. The smallest absolute Gasteiger partial charge is 0.424 e. The van der Waals surface area contributed by atoms with Crippen molar-refractivity contribution < 1.29 is 24.1 Å². The van der Waals surface area contributed by atoms with Crippen LogP contribution in [0.4, 0.5) is 0 Å². The first kappa shape index (κ1) is 20.9. The second kappa shape index (κ2) is 7.79. The molecule has 3 aromatic carbocycles. The average Bonchev–Trinajstić information content (AvgIpc) is 3.53. The second-order valence-corrected chi connectivity index (χ2v) is 8.76. The predicted octanol–water partition coefficient (Wildman–Crippen LogP) is 2.40. The van der Waals surface area contributed by atoms with E-state index in [1.807, 2.05) is 30.3 Å². The highest BCUT2D eigenvalue weighted by atomic mass is 17.2. The molecule has 36 heavy (non-hydrogen) atoms. The molecule has 9 heteroatoms. The standard InChI is InChI=1S/C27H18N3O6/c31-26-18-9-3-1-8-17(18)14-28(26)25-24(23-13-16-7-2-5-11-21(16)35-36-23)20(15-29(25)33)30-19-10-4-6-12-22(19)34-27(30)32/h1-12,23,29H,13-14H2. The zero-order chi connectivity index (χ0) is 24.4.